The zero-order valence-corrected chi connectivity index (χ0v) is 14.3. The highest BCUT2D eigenvalue weighted by Crippen LogP contribution is 2.11. The first kappa shape index (κ1) is 21.4. The molecule has 0 aromatic rings. The van der Waals surface area contributed by atoms with Gasteiger partial charge in [0, 0.05) is 6.42 Å². The van der Waals surface area contributed by atoms with Crippen molar-refractivity contribution in [1.29, 1.82) is 0 Å². The second-order valence-corrected chi connectivity index (χ2v) is 5.82. The van der Waals surface area contributed by atoms with Crippen molar-refractivity contribution in [3.05, 3.63) is 34.0 Å². The van der Waals surface area contributed by atoms with E-state index in [-0.39, 0.29) is 11.3 Å². The Hall–Kier alpha value is -1.65. The summed E-state index contributed by atoms with van der Waals surface area (Å²) < 4.78 is 0. The fourth-order valence-corrected chi connectivity index (χ4v) is 2.29. The molecular weight excluding hydrogens is 294 g/mol. The summed E-state index contributed by atoms with van der Waals surface area (Å²) in [5, 5.41) is 19.5. The molecule has 0 unspecified atom stereocenters. The number of hydrogen-bond donors (Lipinski definition) is 1. The number of allylic oxidation sites excluding steroid dienone is 3. The Morgan fingerprint density at radius 1 is 1.00 bits per heavy atom. The molecule has 132 valence electrons. The molecule has 0 amide bonds. The monoisotopic (exact) mass is 325 g/mol. The van der Waals surface area contributed by atoms with Crippen molar-refractivity contribution in [2.45, 2.75) is 84.0 Å². The number of carboxylic acid groups (broad SMARTS) is 1. The average molecular weight is 325 g/mol. The van der Waals surface area contributed by atoms with Gasteiger partial charge in [-0.15, -0.1) is 0 Å². The zero-order valence-electron chi connectivity index (χ0n) is 14.3. The molecule has 0 bridgehead atoms. The van der Waals surface area contributed by atoms with Crippen LogP contribution in [0.15, 0.2) is 23.9 Å². The van der Waals surface area contributed by atoms with Gasteiger partial charge in [-0.2, -0.15) is 0 Å². The molecule has 5 heteroatoms. The third-order valence-corrected chi connectivity index (χ3v) is 3.68. The van der Waals surface area contributed by atoms with Crippen molar-refractivity contribution in [2.75, 3.05) is 0 Å². The number of unbranched alkanes of at least 4 members (excludes halogenated alkanes) is 8. The van der Waals surface area contributed by atoms with Crippen molar-refractivity contribution < 1.29 is 14.8 Å². The van der Waals surface area contributed by atoms with Crippen LogP contribution in [0.5, 0.6) is 0 Å². The lowest BCUT2D eigenvalue weighted by molar-refractivity contribution is -0.427. The summed E-state index contributed by atoms with van der Waals surface area (Å²) in [6.45, 7) is 2.12. The highest BCUT2D eigenvalue weighted by molar-refractivity contribution is 5.66. The van der Waals surface area contributed by atoms with Crippen LogP contribution in [-0.4, -0.2) is 16.0 Å². The quantitative estimate of drug-likeness (QED) is 0.187. The molecule has 0 rings (SSSR count). The van der Waals surface area contributed by atoms with E-state index in [1.54, 1.807) is 6.08 Å². The van der Waals surface area contributed by atoms with Gasteiger partial charge < -0.3 is 5.11 Å². The van der Waals surface area contributed by atoms with Crippen molar-refractivity contribution in [3.63, 3.8) is 0 Å². The van der Waals surface area contributed by atoms with E-state index in [0.29, 0.717) is 12.1 Å². The molecule has 0 saturated carbocycles. The van der Waals surface area contributed by atoms with Gasteiger partial charge in [0.1, 0.15) is 0 Å². The minimum absolute atomic E-state index is 0.258. The van der Waals surface area contributed by atoms with Crippen LogP contribution >= 0.6 is 0 Å². The molecule has 0 aliphatic rings. The number of carbonyl (C=O) groups is 1. The maximum atomic E-state index is 10.9. The van der Waals surface area contributed by atoms with Crippen LogP contribution in [0.2, 0.25) is 0 Å². The van der Waals surface area contributed by atoms with Crippen LogP contribution in [0.1, 0.15) is 84.0 Å². The average Bonchev–Trinajstić information content (AvgIpc) is 2.50. The molecule has 23 heavy (non-hydrogen) atoms. The van der Waals surface area contributed by atoms with Crippen molar-refractivity contribution in [3.8, 4) is 0 Å². The van der Waals surface area contributed by atoms with E-state index in [1.807, 2.05) is 12.2 Å². The standard InChI is InChI=1S/C18H31NO4/c1-2-3-4-11-14-17(19(22)23)15-12-9-7-5-6-8-10-13-16-18(20)21/h9,12,14H,2-8,10-11,13,15-16H2,1H3,(H,20,21)/b12-9-,17-14-. The highest BCUT2D eigenvalue weighted by Gasteiger charge is 2.06. The SMILES string of the molecule is CCCCC/C=C(/C/C=C\CCCCCCCC(=O)O)[N+](=O)[O-]. The Balaban J connectivity index is 3.72. The highest BCUT2D eigenvalue weighted by atomic mass is 16.6. The van der Waals surface area contributed by atoms with Gasteiger partial charge in [0.2, 0.25) is 5.70 Å². The summed E-state index contributed by atoms with van der Waals surface area (Å²) in [6, 6.07) is 0. The lowest BCUT2D eigenvalue weighted by Crippen LogP contribution is -1.97. The minimum Gasteiger partial charge on any atom is -0.481 e. The largest absolute Gasteiger partial charge is 0.481 e. The van der Waals surface area contributed by atoms with Crippen molar-refractivity contribution >= 4 is 5.97 Å². The fraction of sp³-hybridized carbons (Fsp3) is 0.722. The first-order valence-corrected chi connectivity index (χ1v) is 8.78. The molecule has 0 aromatic carbocycles. The summed E-state index contributed by atoms with van der Waals surface area (Å²) in [4.78, 5) is 21.0. The first-order valence-electron chi connectivity index (χ1n) is 8.78. The Labute approximate surface area is 139 Å². The molecule has 0 atom stereocenters. The Kier molecular flexibility index (Phi) is 14.2. The number of carboxylic acids is 1. The molecule has 0 saturated heterocycles. The fourth-order valence-electron chi connectivity index (χ4n) is 2.29. The minimum atomic E-state index is -0.725. The number of aliphatic carboxylic acids is 1. The molecule has 0 aliphatic heterocycles. The molecule has 0 spiro atoms. The Bertz CT molecular complexity index is 388. The van der Waals surface area contributed by atoms with Gasteiger partial charge in [0.25, 0.3) is 0 Å². The smallest absolute Gasteiger partial charge is 0.303 e. The van der Waals surface area contributed by atoms with E-state index in [1.165, 1.54) is 0 Å². The number of rotatable bonds is 15. The van der Waals surface area contributed by atoms with Crippen LogP contribution in [0.3, 0.4) is 0 Å². The van der Waals surface area contributed by atoms with Gasteiger partial charge >= 0.3 is 5.97 Å². The van der Waals surface area contributed by atoms with Gasteiger partial charge in [-0.3, -0.25) is 14.9 Å². The summed E-state index contributed by atoms with van der Waals surface area (Å²) >= 11 is 0. The lowest BCUT2D eigenvalue weighted by Gasteiger charge is -1.98. The van der Waals surface area contributed by atoms with Crippen molar-refractivity contribution in [2.24, 2.45) is 0 Å². The lowest BCUT2D eigenvalue weighted by atomic mass is 10.1. The molecule has 0 fully saturated rings. The second-order valence-electron chi connectivity index (χ2n) is 5.82. The molecule has 0 radical (unpaired) electrons. The normalized spacial score (nSPS) is 12.0. The number of nitro groups is 1. The number of hydrogen-bond acceptors (Lipinski definition) is 3. The van der Waals surface area contributed by atoms with Gasteiger partial charge in [0.05, 0.1) is 11.3 Å². The molecule has 0 aromatic heterocycles. The Morgan fingerprint density at radius 3 is 2.30 bits per heavy atom. The van der Waals surface area contributed by atoms with E-state index >= 15 is 0 Å². The van der Waals surface area contributed by atoms with Gasteiger partial charge in [-0.05, 0) is 38.2 Å². The van der Waals surface area contributed by atoms with Gasteiger partial charge in [-0.1, -0.05) is 51.2 Å². The molecule has 5 nitrogen and oxygen atoms in total. The maximum Gasteiger partial charge on any atom is 0.303 e. The first-order chi connectivity index (χ1) is 11.1. The number of nitrogens with zero attached hydrogens (tertiary/aromatic N) is 1. The van der Waals surface area contributed by atoms with E-state index < -0.39 is 5.97 Å². The van der Waals surface area contributed by atoms with Gasteiger partial charge in [-0.25, -0.2) is 0 Å². The van der Waals surface area contributed by atoms with E-state index in [0.717, 1.165) is 64.2 Å². The second kappa shape index (κ2) is 15.3. The third-order valence-electron chi connectivity index (χ3n) is 3.68. The molecule has 1 N–H and O–H groups in total. The summed E-state index contributed by atoms with van der Waals surface area (Å²) in [7, 11) is 0. The third kappa shape index (κ3) is 15.0. The van der Waals surface area contributed by atoms with E-state index in [4.69, 9.17) is 5.11 Å². The maximum absolute atomic E-state index is 10.9. The van der Waals surface area contributed by atoms with Crippen LogP contribution in [0.25, 0.3) is 0 Å². The predicted octanol–water partition coefficient (Wildman–Crippen LogP) is 5.49. The zero-order chi connectivity index (χ0) is 17.3. The molecule has 0 aliphatic carbocycles. The summed E-state index contributed by atoms with van der Waals surface area (Å²) in [6.07, 6.45) is 16.2. The van der Waals surface area contributed by atoms with E-state index in [2.05, 4.69) is 6.92 Å². The summed E-state index contributed by atoms with van der Waals surface area (Å²) in [5.41, 5.74) is 0.297. The summed E-state index contributed by atoms with van der Waals surface area (Å²) in [5.74, 6) is -0.725. The Morgan fingerprint density at radius 2 is 1.65 bits per heavy atom. The predicted molar refractivity (Wildman–Crippen MR) is 92.9 cm³/mol. The van der Waals surface area contributed by atoms with Crippen molar-refractivity contribution in [1.82, 2.24) is 0 Å². The molecule has 0 heterocycles. The molecular formula is C18H31NO4. The van der Waals surface area contributed by atoms with E-state index in [9.17, 15) is 14.9 Å². The van der Waals surface area contributed by atoms with Crippen LogP contribution in [0, 0.1) is 10.1 Å². The topological polar surface area (TPSA) is 80.4 Å². The van der Waals surface area contributed by atoms with Gasteiger partial charge in [0.15, 0.2) is 0 Å². The van der Waals surface area contributed by atoms with Crippen LogP contribution < -0.4 is 0 Å². The van der Waals surface area contributed by atoms with Crippen LogP contribution in [-0.2, 0) is 4.79 Å². The van der Waals surface area contributed by atoms with Crippen LogP contribution in [0.4, 0.5) is 0 Å².